The van der Waals surface area contributed by atoms with Crippen LogP contribution >= 0.6 is 0 Å². The van der Waals surface area contributed by atoms with Gasteiger partial charge < -0.3 is 9.84 Å². The number of hydrogen-bond donors (Lipinski definition) is 1. The molecule has 2 aromatic rings. The normalized spacial score (nSPS) is 13.5. The number of rotatable bonds is 7. The van der Waals surface area contributed by atoms with Crippen LogP contribution in [0.2, 0.25) is 0 Å². The SMILES string of the molecule is CCC(C)N(CC(=O)Nc1cc(C)on1)S(=O)(=O)c1ccc(C(C)(C)C)cc1. The van der Waals surface area contributed by atoms with E-state index >= 15 is 0 Å². The molecule has 0 aliphatic rings. The lowest BCUT2D eigenvalue weighted by Crippen LogP contribution is -2.43. The minimum atomic E-state index is -3.83. The number of anilines is 1. The second-order valence-electron chi connectivity index (χ2n) is 7.95. The van der Waals surface area contributed by atoms with Crippen molar-refractivity contribution in [2.45, 2.75) is 64.3 Å². The second kappa shape index (κ2) is 8.45. The average Bonchev–Trinajstić information content (AvgIpc) is 3.03. The molecule has 0 fully saturated rings. The highest BCUT2D eigenvalue weighted by molar-refractivity contribution is 7.89. The van der Waals surface area contributed by atoms with Crippen molar-refractivity contribution < 1.29 is 17.7 Å². The van der Waals surface area contributed by atoms with Gasteiger partial charge in [-0.2, -0.15) is 4.31 Å². The van der Waals surface area contributed by atoms with Gasteiger partial charge in [-0.25, -0.2) is 8.42 Å². The fourth-order valence-electron chi connectivity index (χ4n) is 2.69. The van der Waals surface area contributed by atoms with Gasteiger partial charge in [0.05, 0.1) is 11.4 Å². The minimum Gasteiger partial charge on any atom is -0.360 e. The fraction of sp³-hybridized carbons (Fsp3) is 0.500. The summed E-state index contributed by atoms with van der Waals surface area (Å²) in [6, 6.07) is 8.08. The van der Waals surface area contributed by atoms with E-state index in [0.717, 1.165) is 5.56 Å². The van der Waals surface area contributed by atoms with Crippen LogP contribution in [0.15, 0.2) is 39.8 Å². The molecule has 1 N–H and O–H groups in total. The Kier molecular flexibility index (Phi) is 6.67. The zero-order valence-corrected chi connectivity index (χ0v) is 18.1. The molecule has 0 radical (unpaired) electrons. The Hall–Kier alpha value is -2.19. The molecule has 0 aliphatic heterocycles. The second-order valence-corrected chi connectivity index (χ2v) is 9.84. The number of hydrogen-bond acceptors (Lipinski definition) is 5. The maximum absolute atomic E-state index is 13.2. The first-order chi connectivity index (χ1) is 12.9. The summed E-state index contributed by atoms with van der Waals surface area (Å²) in [5, 5.41) is 6.28. The zero-order chi connectivity index (χ0) is 21.1. The quantitative estimate of drug-likeness (QED) is 0.755. The van der Waals surface area contributed by atoms with E-state index in [1.807, 2.05) is 19.1 Å². The number of benzene rings is 1. The lowest BCUT2D eigenvalue weighted by Gasteiger charge is -2.27. The first-order valence-corrected chi connectivity index (χ1v) is 10.7. The summed E-state index contributed by atoms with van der Waals surface area (Å²) in [5.41, 5.74) is 0.967. The van der Waals surface area contributed by atoms with E-state index in [1.165, 1.54) is 4.31 Å². The van der Waals surface area contributed by atoms with Crippen molar-refractivity contribution in [2.24, 2.45) is 0 Å². The predicted octanol–water partition coefficient (Wildman–Crippen LogP) is 3.71. The van der Waals surface area contributed by atoms with Crippen LogP contribution in [-0.2, 0) is 20.2 Å². The molecule has 1 aromatic carbocycles. The number of amides is 1. The van der Waals surface area contributed by atoms with Crippen molar-refractivity contribution in [3.63, 3.8) is 0 Å². The molecular weight excluding hydrogens is 378 g/mol. The molecule has 1 heterocycles. The van der Waals surface area contributed by atoms with Gasteiger partial charge in [-0.1, -0.05) is 45.0 Å². The molecular formula is C20H29N3O4S. The standard InChI is InChI=1S/C20H29N3O4S/c1-7-14(2)23(13-19(24)21-18-12-15(3)27-22-18)28(25,26)17-10-8-16(9-11-17)20(4,5)6/h8-12,14H,7,13H2,1-6H3,(H,21,22,24). The van der Waals surface area contributed by atoms with Gasteiger partial charge in [0.1, 0.15) is 5.76 Å². The molecule has 0 saturated carbocycles. The number of sulfonamides is 1. The first-order valence-electron chi connectivity index (χ1n) is 9.30. The van der Waals surface area contributed by atoms with Crippen molar-refractivity contribution >= 4 is 21.7 Å². The summed E-state index contributed by atoms with van der Waals surface area (Å²) in [6.45, 7) is 11.3. The van der Waals surface area contributed by atoms with Crippen molar-refractivity contribution in [3.05, 3.63) is 41.7 Å². The Bertz CT molecular complexity index is 912. The van der Waals surface area contributed by atoms with Crippen LogP contribution in [-0.4, -0.2) is 36.4 Å². The minimum absolute atomic E-state index is 0.0751. The van der Waals surface area contributed by atoms with Gasteiger partial charge in [-0.3, -0.25) is 4.79 Å². The van der Waals surface area contributed by atoms with Crippen molar-refractivity contribution in [1.82, 2.24) is 9.46 Å². The maximum Gasteiger partial charge on any atom is 0.243 e. The van der Waals surface area contributed by atoms with Crippen LogP contribution in [0.5, 0.6) is 0 Å². The molecule has 28 heavy (non-hydrogen) atoms. The van der Waals surface area contributed by atoms with Gasteiger partial charge in [-0.05, 0) is 43.4 Å². The van der Waals surface area contributed by atoms with E-state index in [9.17, 15) is 13.2 Å². The third kappa shape index (κ3) is 5.20. The highest BCUT2D eigenvalue weighted by atomic mass is 32.2. The van der Waals surface area contributed by atoms with E-state index < -0.39 is 15.9 Å². The number of aromatic nitrogens is 1. The molecule has 8 heteroatoms. The molecule has 1 aromatic heterocycles. The molecule has 0 aliphatic carbocycles. The molecule has 7 nitrogen and oxygen atoms in total. The number of aryl methyl sites for hydroxylation is 1. The maximum atomic E-state index is 13.2. The molecule has 154 valence electrons. The first kappa shape index (κ1) is 22.1. The van der Waals surface area contributed by atoms with E-state index in [0.29, 0.717) is 12.2 Å². The molecule has 0 bridgehead atoms. The fourth-order valence-corrected chi connectivity index (χ4v) is 4.35. The highest BCUT2D eigenvalue weighted by Crippen LogP contribution is 2.25. The third-order valence-corrected chi connectivity index (χ3v) is 6.58. The lowest BCUT2D eigenvalue weighted by atomic mass is 9.87. The smallest absolute Gasteiger partial charge is 0.243 e. The molecule has 1 atom stereocenters. The van der Waals surface area contributed by atoms with E-state index in [2.05, 4.69) is 31.2 Å². The van der Waals surface area contributed by atoms with Crippen LogP contribution in [0, 0.1) is 6.92 Å². The summed E-state index contributed by atoms with van der Waals surface area (Å²) >= 11 is 0. The van der Waals surface area contributed by atoms with Crippen molar-refractivity contribution in [2.75, 3.05) is 11.9 Å². The van der Waals surface area contributed by atoms with E-state index in [-0.39, 0.29) is 28.7 Å². The third-order valence-electron chi connectivity index (χ3n) is 4.60. The number of carbonyl (C=O) groups is 1. The van der Waals surface area contributed by atoms with Gasteiger partial charge in [0.2, 0.25) is 15.9 Å². The van der Waals surface area contributed by atoms with Crippen LogP contribution in [0.3, 0.4) is 0 Å². The zero-order valence-electron chi connectivity index (χ0n) is 17.3. The Labute approximate surface area is 167 Å². The van der Waals surface area contributed by atoms with Crippen LogP contribution in [0.4, 0.5) is 5.82 Å². The number of nitrogens with zero attached hydrogens (tertiary/aromatic N) is 2. The molecule has 0 saturated heterocycles. The van der Waals surface area contributed by atoms with Gasteiger partial charge in [-0.15, -0.1) is 0 Å². The Morgan fingerprint density at radius 3 is 2.32 bits per heavy atom. The number of carbonyl (C=O) groups excluding carboxylic acids is 1. The molecule has 0 spiro atoms. The number of nitrogens with one attached hydrogen (secondary N) is 1. The summed E-state index contributed by atoms with van der Waals surface area (Å²) in [4.78, 5) is 12.6. The summed E-state index contributed by atoms with van der Waals surface area (Å²) in [6.07, 6.45) is 0.579. The van der Waals surface area contributed by atoms with E-state index in [4.69, 9.17) is 4.52 Å². The van der Waals surface area contributed by atoms with Crippen LogP contribution in [0.25, 0.3) is 0 Å². The Morgan fingerprint density at radius 2 is 1.86 bits per heavy atom. The Balaban J connectivity index is 2.26. The van der Waals surface area contributed by atoms with Crippen LogP contribution in [0.1, 0.15) is 52.4 Å². The van der Waals surface area contributed by atoms with Gasteiger partial charge in [0.15, 0.2) is 5.82 Å². The largest absolute Gasteiger partial charge is 0.360 e. The van der Waals surface area contributed by atoms with Gasteiger partial charge in [0.25, 0.3) is 0 Å². The topological polar surface area (TPSA) is 92.5 Å². The highest BCUT2D eigenvalue weighted by Gasteiger charge is 2.30. The van der Waals surface area contributed by atoms with Crippen LogP contribution < -0.4 is 5.32 Å². The molecule has 1 unspecified atom stereocenters. The van der Waals surface area contributed by atoms with E-state index in [1.54, 1.807) is 32.0 Å². The monoisotopic (exact) mass is 407 g/mol. The van der Waals surface area contributed by atoms with Crippen molar-refractivity contribution in [1.29, 1.82) is 0 Å². The van der Waals surface area contributed by atoms with Gasteiger partial charge in [0, 0.05) is 12.1 Å². The Morgan fingerprint density at radius 1 is 1.25 bits per heavy atom. The molecule has 2 rings (SSSR count). The summed E-state index contributed by atoms with van der Waals surface area (Å²) in [7, 11) is -3.83. The summed E-state index contributed by atoms with van der Waals surface area (Å²) < 4.78 is 32.5. The van der Waals surface area contributed by atoms with Gasteiger partial charge >= 0.3 is 0 Å². The van der Waals surface area contributed by atoms with Crippen molar-refractivity contribution in [3.8, 4) is 0 Å². The summed E-state index contributed by atoms with van der Waals surface area (Å²) in [5.74, 6) is 0.350. The predicted molar refractivity (Wildman–Crippen MR) is 109 cm³/mol. The average molecular weight is 408 g/mol. The lowest BCUT2D eigenvalue weighted by molar-refractivity contribution is -0.116. The molecule has 1 amide bonds.